The molecular weight excluding hydrogens is 160 g/mol. The van der Waals surface area contributed by atoms with Gasteiger partial charge in [-0.2, -0.15) is 5.26 Å². The van der Waals surface area contributed by atoms with E-state index < -0.39 is 0 Å². The Morgan fingerprint density at radius 3 is 2.69 bits per heavy atom. The van der Waals surface area contributed by atoms with Crippen LogP contribution >= 0.6 is 0 Å². The molecular formula is C11H14N2. The maximum atomic E-state index is 8.51. The Hall–Kier alpha value is -1.33. The van der Waals surface area contributed by atoms with Gasteiger partial charge in [0.05, 0.1) is 12.5 Å². The molecule has 0 spiro atoms. The highest BCUT2D eigenvalue weighted by Crippen LogP contribution is 2.18. The molecule has 2 nitrogen and oxygen atoms in total. The number of hydrogen-bond acceptors (Lipinski definition) is 2. The number of rotatable bonds is 2. The van der Waals surface area contributed by atoms with E-state index in [2.05, 4.69) is 12.1 Å². The van der Waals surface area contributed by atoms with E-state index in [0.717, 1.165) is 5.56 Å². The van der Waals surface area contributed by atoms with Gasteiger partial charge < -0.3 is 5.73 Å². The molecule has 0 fully saturated rings. The molecule has 68 valence electrons. The summed E-state index contributed by atoms with van der Waals surface area (Å²) >= 11 is 0. The fourth-order valence-corrected chi connectivity index (χ4v) is 1.45. The number of aryl methyl sites for hydroxylation is 2. The number of nitrogens with zero attached hydrogens (tertiary/aromatic N) is 1. The van der Waals surface area contributed by atoms with Crippen LogP contribution in [0.5, 0.6) is 0 Å². The van der Waals surface area contributed by atoms with E-state index in [1.165, 1.54) is 11.1 Å². The zero-order valence-electron chi connectivity index (χ0n) is 8.04. The Morgan fingerprint density at radius 1 is 1.46 bits per heavy atom. The van der Waals surface area contributed by atoms with Crippen LogP contribution in [-0.4, -0.2) is 0 Å². The molecule has 2 N–H and O–H groups in total. The normalized spacial score (nSPS) is 12.2. The van der Waals surface area contributed by atoms with Crippen molar-refractivity contribution in [1.82, 2.24) is 0 Å². The summed E-state index contributed by atoms with van der Waals surface area (Å²) in [6.07, 6.45) is 0.379. The van der Waals surface area contributed by atoms with Crippen molar-refractivity contribution in [2.45, 2.75) is 26.3 Å². The predicted octanol–water partition coefficient (Wildman–Crippen LogP) is 2.22. The number of nitriles is 1. The van der Waals surface area contributed by atoms with Crippen molar-refractivity contribution < 1.29 is 0 Å². The lowest BCUT2D eigenvalue weighted by molar-refractivity contribution is 0.742. The Morgan fingerprint density at radius 2 is 2.15 bits per heavy atom. The van der Waals surface area contributed by atoms with E-state index in [9.17, 15) is 0 Å². The lowest BCUT2D eigenvalue weighted by atomic mass is 9.98. The first-order valence-electron chi connectivity index (χ1n) is 4.35. The highest BCUT2D eigenvalue weighted by molar-refractivity contribution is 5.32. The van der Waals surface area contributed by atoms with Crippen LogP contribution in [0.15, 0.2) is 18.2 Å². The molecule has 0 aliphatic rings. The molecule has 0 aromatic heterocycles. The second-order valence-electron chi connectivity index (χ2n) is 3.33. The highest BCUT2D eigenvalue weighted by Gasteiger charge is 2.07. The first kappa shape index (κ1) is 9.76. The summed E-state index contributed by atoms with van der Waals surface area (Å²) < 4.78 is 0. The smallest absolute Gasteiger partial charge is 0.0641 e. The topological polar surface area (TPSA) is 49.8 Å². The largest absolute Gasteiger partial charge is 0.323 e. The van der Waals surface area contributed by atoms with E-state index in [-0.39, 0.29) is 6.04 Å². The average molecular weight is 174 g/mol. The standard InChI is InChI=1S/C11H14N2/c1-8-3-4-10(9(2)7-8)11(13)5-6-12/h3-4,7,11H,5,13H2,1-2H3/t11-/m0/s1. The summed E-state index contributed by atoms with van der Waals surface area (Å²) in [4.78, 5) is 0. The number of benzene rings is 1. The predicted molar refractivity (Wildman–Crippen MR) is 53.1 cm³/mol. The molecule has 0 amide bonds. The zero-order chi connectivity index (χ0) is 9.84. The highest BCUT2D eigenvalue weighted by atomic mass is 14.6. The SMILES string of the molecule is Cc1ccc([C@@H](N)CC#N)c(C)c1. The lowest BCUT2D eigenvalue weighted by Crippen LogP contribution is -2.10. The summed E-state index contributed by atoms with van der Waals surface area (Å²) in [6, 6.07) is 8.06. The molecule has 0 saturated carbocycles. The van der Waals surface area contributed by atoms with Crippen LogP contribution in [0, 0.1) is 25.2 Å². The summed E-state index contributed by atoms with van der Waals surface area (Å²) in [7, 11) is 0. The van der Waals surface area contributed by atoms with Crippen LogP contribution < -0.4 is 5.73 Å². The molecule has 1 rings (SSSR count). The molecule has 0 aliphatic heterocycles. The minimum Gasteiger partial charge on any atom is -0.323 e. The third-order valence-corrected chi connectivity index (χ3v) is 2.14. The van der Waals surface area contributed by atoms with Gasteiger partial charge in [-0.3, -0.25) is 0 Å². The molecule has 0 radical (unpaired) electrons. The quantitative estimate of drug-likeness (QED) is 0.747. The van der Waals surface area contributed by atoms with Gasteiger partial charge in [-0.25, -0.2) is 0 Å². The van der Waals surface area contributed by atoms with Crippen LogP contribution in [-0.2, 0) is 0 Å². The number of hydrogen-bond donors (Lipinski definition) is 1. The molecule has 1 aromatic carbocycles. The Bertz CT molecular complexity index is 336. The van der Waals surface area contributed by atoms with Gasteiger partial charge in [0, 0.05) is 6.04 Å². The zero-order valence-corrected chi connectivity index (χ0v) is 8.04. The van der Waals surface area contributed by atoms with Crippen LogP contribution in [0.25, 0.3) is 0 Å². The van der Waals surface area contributed by atoms with E-state index in [1.807, 2.05) is 26.0 Å². The molecule has 13 heavy (non-hydrogen) atoms. The fourth-order valence-electron chi connectivity index (χ4n) is 1.45. The maximum absolute atomic E-state index is 8.51. The van der Waals surface area contributed by atoms with E-state index >= 15 is 0 Å². The Balaban J connectivity index is 2.96. The van der Waals surface area contributed by atoms with E-state index in [1.54, 1.807) is 0 Å². The van der Waals surface area contributed by atoms with Crippen molar-refractivity contribution >= 4 is 0 Å². The Kier molecular flexibility index (Phi) is 3.05. The van der Waals surface area contributed by atoms with Gasteiger partial charge in [0.15, 0.2) is 0 Å². The van der Waals surface area contributed by atoms with Crippen molar-refractivity contribution in [1.29, 1.82) is 5.26 Å². The van der Waals surface area contributed by atoms with E-state index in [0.29, 0.717) is 6.42 Å². The molecule has 0 heterocycles. The monoisotopic (exact) mass is 174 g/mol. The summed E-state index contributed by atoms with van der Waals surface area (Å²) in [5, 5.41) is 8.51. The van der Waals surface area contributed by atoms with Crippen molar-refractivity contribution in [2.75, 3.05) is 0 Å². The third-order valence-electron chi connectivity index (χ3n) is 2.14. The third kappa shape index (κ3) is 2.30. The molecule has 0 unspecified atom stereocenters. The second kappa shape index (κ2) is 4.06. The maximum Gasteiger partial charge on any atom is 0.0641 e. The van der Waals surface area contributed by atoms with Gasteiger partial charge in [-0.05, 0) is 25.0 Å². The van der Waals surface area contributed by atoms with Gasteiger partial charge in [0.2, 0.25) is 0 Å². The fraction of sp³-hybridized carbons (Fsp3) is 0.364. The molecule has 0 aliphatic carbocycles. The van der Waals surface area contributed by atoms with Crippen molar-refractivity contribution in [3.63, 3.8) is 0 Å². The summed E-state index contributed by atoms with van der Waals surface area (Å²) in [5.74, 6) is 0. The van der Waals surface area contributed by atoms with Gasteiger partial charge in [0.1, 0.15) is 0 Å². The van der Waals surface area contributed by atoms with Gasteiger partial charge in [-0.15, -0.1) is 0 Å². The van der Waals surface area contributed by atoms with Crippen molar-refractivity contribution in [3.8, 4) is 6.07 Å². The van der Waals surface area contributed by atoms with Crippen LogP contribution in [0.2, 0.25) is 0 Å². The lowest BCUT2D eigenvalue weighted by Gasteiger charge is -2.11. The van der Waals surface area contributed by atoms with Crippen LogP contribution in [0.1, 0.15) is 29.2 Å². The van der Waals surface area contributed by atoms with E-state index in [4.69, 9.17) is 11.0 Å². The molecule has 0 saturated heterocycles. The van der Waals surface area contributed by atoms with Crippen molar-refractivity contribution in [2.24, 2.45) is 5.73 Å². The Labute approximate surface area is 79.0 Å². The molecule has 1 atom stereocenters. The minimum absolute atomic E-state index is 0.148. The van der Waals surface area contributed by atoms with Crippen LogP contribution in [0.4, 0.5) is 0 Å². The molecule has 2 heteroatoms. The number of nitrogens with two attached hydrogens (primary N) is 1. The van der Waals surface area contributed by atoms with Crippen molar-refractivity contribution in [3.05, 3.63) is 34.9 Å². The first-order valence-corrected chi connectivity index (χ1v) is 4.35. The molecule has 0 bridgehead atoms. The summed E-state index contributed by atoms with van der Waals surface area (Å²) in [6.45, 7) is 4.08. The van der Waals surface area contributed by atoms with Gasteiger partial charge >= 0.3 is 0 Å². The minimum atomic E-state index is -0.148. The summed E-state index contributed by atoms with van der Waals surface area (Å²) in [5.41, 5.74) is 9.31. The second-order valence-corrected chi connectivity index (χ2v) is 3.33. The van der Waals surface area contributed by atoms with Gasteiger partial charge in [0.25, 0.3) is 0 Å². The first-order chi connectivity index (χ1) is 6.15. The average Bonchev–Trinajstić information content (AvgIpc) is 2.04. The van der Waals surface area contributed by atoms with Crippen LogP contribution in [0.3, 0.4) is 0 Å². The molecule has 1 aromatic rings. The van der Waals surface area contributed by atoms with Gasteiger partial charge in [-0.1, -0.05) is 23.8 Å².